The highest BCUT2D eigenvalue weighted by atomic mass is 16.1. The summed E-state index contributed by atoms with van der Waals surface area (Å²) in [6, 6.07) is 8.23. The Balaban J connectivity index is 1.39. The highest BCUT2D eigenvalue weighted by Crippen LogP contribution is 2.55. The average molecular weight is 348 g/mol. The van der Waals surface area contributed by atoms with Crippen LogP contribution in [0.15, 0.2) is 24.3 Å². The Morgan fingerprint density at radius 1 is 1.08 bits per heavy atom. The minimum Gasteiger partial charge on any atom is -0.350 e. The Kier molecular flexibility index (Phi) is 3.63. The number of para-hydroxylation sites is 1. The molecule has 0 aliphatic heterocycles. The topological polar surface area (TPSA) is 42.0 Å². The van der Waals surface area contributed by atoms with Crippen molar-refractivity contribution >= 4 is 16.8 Å². The van der Waals surface area contributed by atoms with E-state index in [9.17, 15) is 4.79 Å². The van der Waals surface area contributed by atoms with Crippen molar-refractivity contribution in [3.63, 3.8) is 0 Å². The SMILES string of the molecule is Cc1nc2ccccc2c(C)c1CC(=O)NC12CC3CC(CC(C3)C1)C2. The van der Waals surface area contributed by atoms with Gasteiger partial charge in [0.25, 0.3) is 0 Å². The van der Waals surface area contributed by atoms with Crippen LogP contribution in [0.3, 0.4) is 0 Å². The maximum absolute atomic E-state index is 13.0. The Bertz CT molecular complexity index is 850. The summed E-state index contributed by atoms with van der Waals surface area (Å²) in [5, 5.41) is 4.67. The van der Waals surface area contributed by atoms with Gasteiger partial charge in [-0.1, -0.05) is 18.2 Å². The molecule has 136 valence electrons. The second-order valence-electron chi connectivity index (χ2n) is 9.24. The molecule has 0 unspecified atom stereocenters. The molecule has 0 saturated heterocycles. The summed E-state index contributed by atoms with van der Waals surface area (Å²) in [6.45, 7) is 4.16. The van der Waals surface area contributed by atoms with E-state index in [-0.39, 0.29) is 11.4 Å². The van der Waals surface area contributed by atoms with E-state index in [0.29, 0.717) is 6.42 Å². The second-order valence-corrected chi connectivity index (χ2v) is 9.24. The molecule has 0 spiro atoms. The third-order valence-electron chi connectivity index (χ3n) is 7.27. The van der Waals surface area contributed by atoms with E-state index >= 15 is 0 Å². The highest BCUT2D eigenvalue weighted by molar-refractivity contribution is 5.86. The summed E-state index contributed by atoms with van der Waals surface area (Å²) in [7, 11) is 0. The van der Waals surface area contributed by atoms with Gasteiger partial charge >= 0.3 is 0 Å². The molecule has 4 saturated carbocycles. The zero-order valence-corrected chi connectivity index (χ0v) is 15.8. The first kappa shape index (κ1) is 16.3. The first-order valence-corrected chi connectivity index (χ1v) is 10.2. The Labute approximate surface area is 155 Å². The molecule has 4 aliphatic rings. The van der Waals surface area contributed by atoms with Crippen molar-refractivity contribution in [2.45, 2.75) is 64.3 Å². The van der Waals surface area contributed by atoms with Crippen molar-refractivity contribution in [3.8, 4) is 0 Å². The molecule has 4 fully saturated rings. The lowest BCUT2D eigenvalue weighted by molar-refractivity contribution is -0.126. The van der Waals surface area contributed by atoms with Gasteiger partial charge in [-0.25, -0.2) is 0 Å². The standard InChI is InChI=1S/C23H28N2O/c1-14-19-5-3-4-6-21(19)24-15(2)20(14)10-22(26)25-23-11-16-7-17(12-23)9-18(8-16)13-23/h3-6,16-18H,7-13H2,1-2H3,(H,25,26). The Hall–Kier alpha value is -1.90. The average Bonchev–Trinajstić information content (AvgIpc) is 2.57. The molecular formula is C23H28N2O. The lowest BCUT2D eigenvalue weighted by atomic mass is 9.53. The predicted octanol–water partition coefficient (Wildman–Crippen LogP) is 4.48. The Morgan fingerprint density at radius 2 is 1.69 bits per heavy atom. The molecule has 3 nitrogen and oxygen atoms in total. The zero-order chi connectivity index (χ0) is 17.9. The summed E-state index contributed by atoms with van der Waals surface area (Å²) in [6.07, 6.45) is 8.29. The van der Waals surface area contributed by atoms with Crippen LogP contribution >= 0.6 is 0 Å². The number of fused-ring (bicyclic) bond motifs is 1. The number of aromatic nitrogens is 1. The molecular weight excluding hydrogens is 320 g/mol. The molecule has 1 N–H and O–H groups in total. The van der Waals surface area contributed by atoms with Crippen LogP contribution in [0.1, 0.15) is 55.3 Å². The van der Waals surface area contributed by atoms with Gasteiger partial charge in [-0.3, -0.25) is 9.78 Å². The lowest BCUT2D eigenvalue weighted by Crippen LogP contribution is -2.60. The summed E-state index contributed by atoms with van der Waals surface area (Å²) in [5.74, 6) is 2.75. The van der Waals surface area contributed by atoms with Crippen LogP contribution in [0.2, 0.25) is 0 Å². The highest BCUT2D eigenvalue weighted by Gasteiger charge is 2.51. The number of aryl methyl sites for hydroxylation is 2. The maximum Gasteiger partial charge on any atom is 0.224 e. The number of hydrogen-bond acceptors (Lipinski definition) is 2. The van der Waals surface area contributed by atoms with E-state index in [0.717, 1.165) is 39.9 Å². The van der Waals surface area contributed by atoms with Gasteiger partial charge in [0, 0.05) is 16.6 Å². The molecule has 0 atom stereocenters. The second kappa shape index (κ2) is 5.80. The van der Waals surface area contributed by atoms with Crippen molar-refractivity contribution in [2.24, 2.45) is 17.8 Å². The van der Waals surface area contributed by atoms with Crippen LogP contribution in [0, 0.1) is 31.6 Å². The molecule has 2 aromatic rings. The van der Waals surface area contributed by atoms with E-state index in [1.54, 1.807) is 0 Å². The number of hydrogen-bond donors (Lipinski definition) is 1. The van der Waals surface area contributed by atoms with Gasteiger partial charge < -0.3 is 5.32 Å². The molecule has 4 aliphatic carbocycles. The molecule has 4 bridgehead atoms. The van der Waals surface area contributed by atoms with Crippen molar-refractivity contribution < 1.29 is 4.79 Å². The van der Waals surface area contributed by atoms with Crippen molar-refractivity contribution in [1.29, 1.82) is 0 Å². The van der Waals surface area contributed by atoms with Crippen LogP contribution < -0.4 is 5.32 Å². The molecule has 6 rings (SSSR count). The number of rotatable bonds is 3. The van der Waals surface area contributed by atoms with Gasteiger partial charge in [0.1, 0.15) is 0 Å². The van der Waals surface area contributed by atoms with Crippen LogP contribution in [0.5, 0.6) is 0 Å². The van der Waals surface area contributed by atoms with Gasteiger partial charge in [0.05, 0.1) is 11.9 Å². The predicted molar refractivity (Wildman–Crippen MR) is 104 cm³/mol. The van der Waals surface area contributed by atoms with Gasteiger partial charge in [0.15, 0.2) is 0 Å². The van der Waals surface area contributed by atoms with Gasteiger partial charge in [-0.05, 0) is 87.3 Å². The van der Waals surface area contributed by atoms with Gasteiger partial charge in [0.2, 0.25) is 5.91 Å². The zero-order valence-electron chi connectivity index (χ0n) is 15.8. The van der Waals surface area contributed by atoms with Crippen LogP contribution in [-0.4, -0.2) is 16.4 Å². The number of nitrogens with one attached hydrogen (secondary N) is 1. The first-order chi connectivity index (χ1) is 12.5. The molecule has 0 radical (unpaired) electrons. The summed E-state index contributed by atoms with van der Waals surface area (Å²) in [5.41, 5.74) is 4.41. The fourth-order valence-electron chi connectivity index (χ4n) is 6.60. The first-order valence-electron chi connectivity index (χ1n) is 10.2. The molecule has 1 amide bonds. The number of carbonyl (C=O) groups is 1. The van der Waals surface area contributed by atoms with Crippen LogP contribution in [0.4, 0.5) is 0 Å². The number of amides is 1. The molecule has 1 aromatic heterocycles. The largest absolute Gasteiger partial charge is 0.350 e. The van der Waals surface area contributed by atoms with Gasteiger partial charge in [-0.2, -0.15) is 0 Å². The van der Waals surface area contributed by atoms with E-state index in [1.807, 2.05) is 19.1 Å². The fraction of sp³-hybridized carbons (Fsp3) is 0.565. The van der Waals surface area contributed by atoms with Crippen molar-refractivity contribution in [1.82, 2.24) is 10.3 Å². The quantitative estimate of drug-likeness (QED) is 0.888. The summed E-state index contributed by atoms with van der Waals surface area (Å²) >= 11 is 0. The smallest absolute Gasteiger partial charge is 0.224 e. The molecule has 26 heavy (non-hydrogen) atoms. The normalized spacial score (nSPS) is 32.2. The fourth-order valence-corrected chi connectivity index (χ4v) is 6.60. The van der Waals surface area contributed by atoms with Crippen LogP contribution in [0.25, 0.3) is 10.9 Å². The number of carbonyl (C=O) groups excluding carboxylic acids is 1. The van der Waals surface area contributed by atoms with E-state index in [4.69, 9.17) is 4.98 Å². The van der Waals surface area contributed by atoms with E-state index < -0.39 is 0 Å². The molecule has 1 aromatic carbocycles. The monoisotopic (exact) mass is 348 g/mol. The van der Waals surface area contributed by atoms with Crippen molar-refractivity contribution in [3.05, 3.63) is 41.1 Å². The molecule has 3 heteroatoms. The van der Waals surface area contributed by atoms with E-state index in [1.165, 1.54) is 44.1 Å². The third-order valence-corrected chi connectivity index (χ3v) is 7.27. The number of nitrogens with zero attached hydrogens (tertiary/aromatic N) is 1. The number of benzene rings is 1. The van der Waals surface area contributed by atoms with Gasteiger partial charge in [-0.15, -0.1) is 0 Å². The summed E-state index contributed by atoms with van der Waals surface area (Å²) < 4.78 is 0. The molecule has 1 heterocycles. The van der Waals surface area contributed by atoms with Crippen LogP contribution in [-0.2, 0) is 11.2 Å². The minimum atomic E-state index is 0.0952. The summed E-state index contributed by atoms with van der Waals surface area (Å²) in [4.78, 5) is 17.7. The lowest BCUT2D eigenvalue weighted by Gasteiger charge is -2.56. The Morgan fingerprint density at radius 3 is 2.35 bits per heavy atom. The van der Waals surface area contributed by atoms with E-state index in [2.05, 4.69) is 24.4 Å². The van der Waals surface area contributed by atoms with Crippen molar-refractivity contribution in [2.75, 3.05) is 0 Å². The third kappa shape index (κ3) is 2.64. The maximum atomic E-state index is 13.0. The minimum absolute atomic E-state index is 0.0952. The number of pyridine rings is 1.